The maximum atomic E-state index is 13.9. The van der Waals surface area contributed by atoms with Crippen LogP contribution in [0.5, 0.6) is 11.5 Å². The second kappa shape index (κ2) is 11.2. The Morgan fingerprint density at radius 2 is 1.62 bits per heavy atom. The van der Waals surface area contributed by atoms with Crippen molar-refractivity contribution in [1.29, 1.82) is 0 Å². The van der Waals surface area contributed by atoms with Crippen LogP contribution in [0.25, 0.3) is 0 Å². The van der Waals surface area contributed by atoms with Crippen molar-refractivity contribution in [3.05, 3.63) is 35.9 Å². The van der Waals surface area contributed by atoms with Crippen LogP contribution < -0.4 is 9.47 Å². The largest absolute Gasteiger partial charge is 0.491 e. The van der Waals surface area contributed by atoms with E-state index in [0.717, 1.165) is 5.92 Å². The number of unbranched alkanes of at least 4 members (excludes halogenated alkanes) is 2. The molecule has 2 rings (SSSR count). The molecule has 0 amide bonds. The highest BCUT2D eigenvalue weighted by atomic mass is 19.2. The molecule has 1 aliphatic rings. The molecule has 0 heterocycles. The van der Waals surface area contributed by atoms with Crippen molar-refractivity contribution in [3.63, 3.8) is 0 Å². The van der Waals surface area contributed by atoms with Gasteiger partial charge in [0, 0.05) is 0 Å². The van der Waals surface area contributed by atoms with Gasteiger partial charge < -0.3 is 9.47 Å². The Morgan fingerprint density at radius 1 is 0.962 bits per heavy atom. The van der Waals surface area contributed by atoms with Gasteiger partial charge in [-0.25, -0.2) is 0 Å². The topological polar surface area (TPSA) is 18.5 Å². The van der Waals surface area contributed by atoms with Gasteiger partial charge in [0.2, 0.25) is 11.6 Å². The van der Waals surface area contributed by atoms with E-state index in [2.05, 4.69) is 13.0 Å². The summed E-state index contributed by atoms with van der Waals surface area (Å²) in [6.45, 7) is 4.52. The van der Waals surface area contributed by atoms with Gasteiger partial charge in [-0.3, -0.25) is 0 Å². The van der Waals surface area contributed by atoms with Crippen LogP contribution in [0.3, 0.4) is 0 Å². The van der Waals surface area contributed by atoms with E-state index in [9.17, 15) is 8.78 Å². The van der Waals surface area contributed by atoms with Crippen LogP contribution in [0, 0.1) is 23.5 Å². The second-order valence-electron chi connectivity index (χ2n) is 7.14. The van der Waals surface area contributed by atoms with Gasteiger partial charge in [-0.1, -0.05) is 44.8 Å². The van der Waals surface area contributed by atoms with Crippen LogP contribution in [-0.2, 0) is 0 Å². The molecule has 1 fully saturated rings. The number of benzene rings is 1. The highest BCUT2D eigenvalue weighted by Gasteiger charge is 2.19. The molecule has 0 saturated heterocycles. The van der Waals surface area contributed by atoms with Gasteiger partial charge in [0.1, 0.15) is 6.61 Å². The Kier molecular flexibility index (Phi) is 8.93. The monoisotopic (exact) mass is 366 g/mol. The summed E-state index contributed by atoms with van der Waals surface area (Å²) in [4.78, 5) is 0. The molecule has 0 bridgehead atoms. The summed E-state index contributed by atoms with van der Waals surface area (Å²) in [7, 11) is 0. The van der Waals surface area contributed by atoms with Crippen LogP contribution >= 0.6 is 0 Å². The summed E-state index contributed by atoms with van der Waals surface area (Å²) in [5.74, 6) is -0.656. The number of hydrogen-bond donors (Lipinski definition) is 0. The minimum Gasteiger partial charge on any atom is -0.491 e. The third-order valence-corrected chi connectivity index (χ3v) is 5.16. The van der Waals surface area contributed by atoms with Crippen molar-refractivity contribution < 1.29 is 18.3 Å². The zero-order valence-electron chi connectivity index (χ0n) is 16.1. The molecule has 0 aromatic heterocycles. The van der Waals surface area contributed by atoms with Gasteiger partial charge in [-0.2, -0.15) is 8.78 Å². The lowest BCUT2D eigenvalue weighted by atomic mass is 9.79. The first-order valence-electron chi connectivity index (χ1n) is 10.1. The number of ether oxygens (including phenoxy) is 2. The zero-order chi connectivity index (χ0) is 18.8. The van der Waals surface area contributed by atoms with Crippen molar-refractivity contribution in [2.24, 2.45) is 11.8 Å². The molecule has 0 unspecified atom stereocenters. The molecule has 0 atom stereocenters. The van der Waals surface area contributed by atoms with E-state index in [4.69, 9.17) is 9.47 Å². The molecule has 0 aliphatic heterocycles. The fraction of sp³-hybridized carbons (Fsp3) is 0.636. The van der Waals surface area contributed by atoms with E-state index in [1.54, 1.807) is 6.92 Å². The number of halogens is 2. The molecule has 0 radical (unpaired) electrons. The van der Waals surface area contributed by atoms with Crippen molar-refractivity contribution >= 4 is 0 Å². The van der Waals surface area contributed by atoms with Crippen molar-refractivity contribution in [2.75, 3.05) is 13.2 Å². The lowest BCUT2D eigenvalue weighted by Crippen LogP contribution is -2.13. The summed E-state index contributed by atoms with van der Waals surface area (Å²) in [6, 6.07) is 2.82. The van der Waals surface area contributed by atoms with Crippen molar-refractivity contribution in [3.8, 4) is 11.5 Å². The maximum Gasteiger partial charge on any atom is 0.204 e. The second-order valence-corrected chi connectivity index (χ2v) is 7.14. The Bertz CT molecular complexity index is 564. The average molecular weight is 366 g/mol. The first-order chi connectivity index (χ1) is 12.7. The molecule has 26 heavy (non-hydrogen) atoms. The summed E-state index contributed by atoms with van der Waals surface area (Å²) in [5.41, 5.74) is 0. The fourth-order valence-electron chi connectivity index (χ4n) is 3.63. The predicted molar refractivity (Wildman–Crippen MR) is 102 cm³/mol. The molecule has 1 aromatic rings. The highest BCUT2D eigenvalue weighted by molar-refractivity contribution is 5.35. The molecule has 1 aromatic carbocycles. The molecule has 0 spiro atoms. The Labute approximate surface area is 156 Å². The lowest BCUT2D eigenvalue weighted by molar-refractivity contribution is 0.286. The summed E-state index contributed by atoms with van der Waals surface area (Å²) in [5, 5.41) is 0. The van der Waals surface area contributed by atoms with Gasteiger partial charge in [0.25, 0.3) is 0 Å². The molecule has 1 saturated carbocycles. The van der Waals surface area contributed by atoms with Crippen LogP contribution in [0.15, 0.2) is 24.3 Å². The summed E-state index contributed by atoms with van der Waals surface area (Å²) < 4.78 is 38.1. The van der Waals surface area contributed by atoms with E-state index in [-0.39, 0.29) is 18.1 Å². The summed E-state index contributed by atoms with van der Waals surface area (Å²) >= 11 is 0. The Morgan fingerprint density at radius 3 is 2.23 bits per heavy atom. The first kappa shape index (κ1) is 20.7. The number of allylic oxidation sites excluding steroid dienone is 1. The minimum atomic E-state index is -0.991. The van der Waals surface area contributed by atoms with Crippen LogP contribution in [0.2, 0.25) is 0 Å². The zero-order valence-corrected chi connectivity index (χ0v) is 16.1. The molecular weight excluding hydrogens is 334 g/mol. The molecular formula is C22H32F2O2. The number of hydrogen-bond acceptors (Lipinski definition) is 2. The molecule has 0 N–H and O–H groups in total. The predicted octanol–water partition coefficient (Wildman–Crippen LogP) is 6.69. The third-order valence-electron chi connectivity index (χ3n) is 5.16. The van der Waals surface area contributed by atoms with E-state index in [1.165, 1.54) is 63.5 Å². The quantitative estimate of drug-likeness (QED) is 0.339. The Balaban J connectivity index is 1.72. The van der Waals surface area contributed by atoms with Crippen LogP contribution in [0.1, 0.15) is 65.2 Å². The minimum absolute atomic E-state index is 0.0739. The van der Waals surface area contributed by atoms with Gasteiger partial charge in [0.15, 0.2) is 11.5 Å². The molecule has 2 nitrogen and oxygen atoms in total. The van der Waals surface area contributed by atoms with Gasteiger partial charge in [0.05, 0.1) is 6.61 Å². The normalized spacial score (nSPS) is 20.5. The van der Waals surface area contributed by atoms with Crippen LogP contribution in [-0.4, -0.2) is 13.2 Å². The van der Waals surface area contributed by atoms with Crippen LogP contribution in [0.4, 0.5) is 8.78 Å². The van der Waals surface area contributed by atoms with Crippen molar-refractivity contribution in [2.45, 2.75) is 65.2 Å². The van der Waals surface area contributed by atoms with E-state index in [1.807, 2.05) is 6.08 Å². The standard InChI is InChI=1S/C22H32F2O2/c1-3-5-6-8-17-10-12-18(13-11-17)9-7-16-26-20-15-14-19(25-4-2)21(23)22(20)24/h7,9,14-15,17-18H,3-6,8,10-13,16H2,1-2H3. The summed E-state index contributed by atoms with van der Waals surface area (Å²) in [6.07, 6.45) is 14.5. The molecule has 1 aliphatic carbocycles. The highest BCUT2D eigenvalue weighted by Crippen LogP contribution is 2.33. The maximum absolute atomic E-state index is 13.9. The van der Waals surface area contributed by atoms with E-state index < -0.39 is 11.6 Å². The van der Waals surface area contributed by atoms with Gasteiger partial charge >= 0.3 is 0 Å². The smallest absolute Gasteiger partial charge is 0.204 e. The van der Waals surface area contributed by atoms with Gasteiger partial charge in [-0.05, 0) is 56.6 Å². The molecule has 4 heteroatoms. The first-order valence-corrected chi connectivity index (χ1v) is 10.1. The van der Waals surface area contributed by atoms with Gasteiger partial charge in [-0.15, -0.1) is 0 Å². The third kappa shape index (κ3) is 6.30. The number of rotatable bonds is 10. The average Bonchev–Trinajstić information content (AvgIpc) is 2.65. The SMILES string of the molecule is CCCCCC1CCC(C=CCOc2ccc(OCC)c(F)c2F)CC1. The fourth-order valence-corrected chi connectivity index (χ4v) is 3.63. The lowest BCUT2D eigenvalue weighted by Gasteiger charge is -2.26. The molecule has 146 valence electrons. The van der Waals surface area contributed by atoms with Crippen molar-refractivity contribution in [1.82, 2.24) is 0 Å². The van der Waals surface area contributed by atoms with E-state index in [0.29, 0.717) is 12.5 Å². The Hall–Kier alpha value is -1.58. The van der Waals surface area contributed by atoms with E-state index >= 15 is 0 Å².